The van der Waals surface area contributed by atoms with E-state index in [1.165, 1.54) is 15.6 Å². The monoisotopic (exact) mass is 312 g/mol. The van der Waals surface area contributed by atoms with Crippen molar-refractivity contribution in [2.75, 3.05) is 0 Å². The minimum atomic E-state index is -2.21. The van der Waals surface area contributed by atoms with Crippen LogP contribution in [0, 0.1) is 0 Å². The first kappa shape index (κ1) is 15.3. The van der Waals surface area contributed by atoms with Crippen LogP contribution < -0.4 is 15.6 Å². The molecule has 0 nitrogen and oxygen atoms in total. The van der Waals surface area contributed by atoms with E-state index in [1.807, 2.05) is 13.0 Å². The standard InChI is InChI=1S/C22H20Si/c1-2-3-19-23(20-13-7-4-8-14-20,21-15-9-5-10-16-21)22-17-11-6-12-18-22/h2,4-19H,1H3. The third kappa shape index (κ3) is 2.98. The number of rotatable bonds is 4. The van der Waals surface area contributed by atoms with Crippen molar-refractivity contribution < 1.29 is 0 Å². The highest BCUT2D eigenvalue weighted by molar-refractivity contribution is 7.14. The molecule has 0 bridgehead atoms. The van der Waals surface area contributed by atoms with Crippen LogP contribution in [0.2, 0.25) is 0 Å². The molecular weight excluding hydrogens is 292 g/mol. The first-order valence-electron chi connectivity index (χ1n) is 7.93. The normalized spacial score (nSPS) is 10.7. The summed E-state index contributed by atoms with van der Waals surface area (Å²) in [4.78, 5) is 0. The van der Waals surface area contributed by atoms with E-state index >= 15 is 0 Å². The summed E-state index contributed by atoms with van der Waals surface area (Å²) in [5, 5.41) is 4.14. The van der Waals surface area contributed by atoms with Gasteiger partial charge < -0.3 is 0 Å². The fourth-order valence-corrected chi connectivity index (χ4v) is 7.13. The SMILES string of the molecule is CC=C=C[Si](c1ccccc1)(c1ccccc1)c1ccccc1. The van der Waals surface area contributed by atoms with Crippen LogP contribution in [-0.2, 0) is 0 Å². The van der Waals surface area contributed by atoms with Crippen molar-refractivity contribution in [2.24, 2.45) is 0 Å². The molecule has 0 saturated carbocycles. The largest absolute Gasteiger partial charge is 0.180 e. The topological polar surface area (TPSA) is 0 Å². The van der Waals surface area contributed by atoms with E-state index in [2.05, 4.69) is 102 Å². The minimum Gasteiger partial charge on any atom is -0.133 e. The number of hydrogen-bond acceptors (Lipinski definition) is 0. The molecule has 0 aliphatic rings. The van der Waals surface area contributed by atoms with Crippen molar-refractivity contribution >= 4 is 23.6 Å². The third-order valence-electron chi connectivity index (χ3n) is 4.15. The predicted molar refractivity (Wildman–Crippen MR) is 102 cm³/mol. The zero-order valence-electron chi connectivity index (χ0n) is 13.3. The van der Waals surface area contributed by atoms with Gasteiger partial charge in [0.2, 0.25) is 0 Å². The van der Waals surface area contributed by atoms with E-state index in [1.54, 1.807) is 0 Å². The maximum absolute atomic E-state index is 3.40. The van der Waals surface area contributed by atoms with Crippen LogP contribution in [-0.4, -0.2) is 8.07 Å². The highest BCUT2D eigenvalue weighted by Gasteiger charge is 2.36. The molecule has 0 aromatic heterocycles. The summed E-state index contributed by atoms with van der Waals surface area (Å²) in [5.74, 6) is 0. The second kappa shape index (κ2) is 7.10. The van der Waals surface area contributed by atoms with Crippen LogP contribution in [0.15, 0.2) is 109 Å². The zero-order chi connectivity index (χ0) is 16.0. The van der Waals surface area contributed by atoms with Crippen molar-refractivity contribution in [1.29, 1.82) is 0 Å². The molecule has 1 heteroatoms. The van der Waals surface area contributed by atoms with Gasteiger partial charge in [-0.2, -0.15) is 0 Å². The second-order valence-electron chi connectivity index (χ2n) is 5.51. The van der Waals surface area contributed by atoms with Gasteiger partial charge in [0.05, 0.1) is 0 Å². The summed E-state index contributed by atoms with van der Waals surface area (Å²) in [5.41, 5.74) is 5.71. The Morgan fingerprint density at radius 2 is 0.957 bits per heavy atom. The molecule has 3 rings (SSSR count). The molecular formula is C22H20Si. The van der Waals surface area contributed by atoms with Crippen LogP contribution in [0.5, 0.6) is 0 Å². The number of hydrogen-bond donors (Lipinski definition) is 0. The highest BCUT2D eigenvalue weighted by Crippen LogP contribution is 2.09. The lowest BCUT2D eigenvalue weighted by molar-refractivity contribution is 1.68. The Balaban J connectivity index is 2.37. The molecule has 3 aromatic rings. The van der Waals surface area contributed by atoms with E-state index in [0.29, 0.717) is 0 Å². The molecule has 0 radical (unpaired) electrons. The summed E-state index contributed by atoms with van der Waals surface area (Å²) in [6, 6.07) is 32.5. The van der Waals surface area contributed by atoms with Crippen molar-refractivity contribution in [3.05, 3.63) is 109 Å². The number of allylic oxidation sites excluding steroid dienone is 1. The molecule has 23 heavy (non-hydrogen) atoms. The van der Waals surface area contributed by atoms with Gasteiger partial charge in [-0.15, -0.1) is 5.73 Å². The van der Waals surface area contributed by atoms with Crippen LogP contribution in [0.4, 0.5) is 0 Å². The molecule has 0 spiro atoms. The third-order valence-corrected chi connectivity index (χ3v) is 8.49. The molecule has 0 unspecified atom stereocenters. The van der Waals surface area contributed by atoms with E-state index in [-0.39, 0.29) is 0 Å². The van der Waals surface area contributed by atoms with Crippen molar-refractivity contribution in [3.63, 3.8) is 0 Å². The fraction of sp³-hybridized carbons (Fsp3) is 0.0455. The molecule has 0 amide bonds. The lowest BCUT2D eigenvalue weighted by Crippen LogP contribution is -2.65. The van der Waals surface area contributed by atoms with E-state index in [4.69, 9.17) is 0 Å². The minimum absolute atomic E-state index is 1.38. The molecule has 0 heterocycles. The smallest absolute Gasteiger partial charge is 0.133 e. The number of benzene rings is 3. The maximum atomic E-state index is 3.40. The first-order chi connectivity index (χ1) is 11.4. The molecule has 0 fully saturated rings. The van der Waals surface area contributed by atoms with Crippen molar-refractivity contribution in [3.8, 4) is 0 Å². The van der Waals surface area contributed by atoms with Gasteiger partial charge in [0.15, 0.2) is 8.07 Å². The molecule has 0 N–H and O–H groups in total. The Hall–Kier alpha value is -2.60. The predicted octanol–water partition coefficient (Wildman–Crippen LogP) is 3.43. The molecule has 3 aromatic carbocycles. The van der Waals surface area contributed by atoms with Gasteiger partial charge in [0.25, 0.3) is 0 Å². The fourth-order valence-electron chi connectivity index (χ4n) is 3.06. The van der Waals surface area contributed by atoms with Crippen molar-refractivity contribution in [2.45, 2.75) is 6.92 Å². The Labute approximate surface area is 139 Å². The summed E-state index contributed by atoms with van der Waals surface area (Å²) in [6.45, 7) is 2.02. The quantitative estimate of drug-likeness (QED) is 0.393. The summed E-state index contributed by atoms with van der Waals surface area (Å²) >= 11 is 0. The average molecular weight is 312 g/mol. The maximum Gasteiger partial charge on any atom is 0.180 e. The lowest BCUT2D eigenvalue weighted by atomic mass is 10.3. The van der Waals surface area contributed by atoms with Gasteiger partial charge in [0, 0.05) is 0 Å². The van der Waals surface area contributed by atoms with Gasteiger partial charge in [-0.3, -0.25) is 0 Å². The average Bonchev–Trinajstić information content (AvgIpc) is 2.65. The summed E-state index contributed by atoms with van der Waals surface area (Å²) in [7, 11) is -2.21. The van der Waals surface area contributed by atoms with Gasteiger partial charge in [-0.1, -0.05) is 91.0 Å². The van der Waals surface area contributed by atoms with Crippen molar-refractivity contribution in [1.82, 2.24) is 0 Å². The van der Waals surface area contributed by atoms with Gasteiger partial charge in [-0.25, -0.2) is 0 Å². The Kier molecular flexibility index (Phi) is 4.73. The van der Waals surface area contributed by atoms with Gasteiger partial charge in [0.1, 0.15) is 0 Å². The molecule has 0 aliphatic heterocycles. The Morgan fingerprint density at radius 1 is 0.609 bits per heavy atom. The Bertz CT molecular complexity index is 702. The molecule has 112 valence electrons. The molecule has 0 atom stereocenters. The molecule has 0 saturated heterocycles. The van der Waals surface area contributed by atoms with E-state index in [0.717, 1.165) is 0 Å². The van der Waals surface area contributed by atoms with Crippen LogP contribution in [0.1, 0.15) is 6.92 Å². The van der Waals surface area contributed by atoms with E-state index in [9.17, 15) is 0 Å². The van der Waals surface area contributed by atoms with Gasteiger partial charge in [-0.05, 0) is 34.3 Å². The van der Waals surface area contributed by atoms with E-state index < -0.39 is 8.07 Å². The lowest BCUT2D eigenvalue weighted by Gasteiger charge is -2.29. The summed E-state index contributed by atoms with van der Waals surface area (Å²) < 4.78 is 0. The van der Waals surface area contributed by atoms with Crippen LogP contribution >= 0.6 is 0 Å². The Morgan fingerprint density at radius 3 is 1.26 bits per heavy atom. The zero-order valence-corrected chi connectivity index (χ0v) is 14.3. The second-order valence-corrected chi connectivity index (χ2v) is 9.14. The van der Waals surface area contributed by atoms with Crippen LogP contribution in [0.3, 0.4) is 0 Å². The molecule has 0 aliphatic carbocycles. The summed E-state index contributed by atoms with van der Waals surface area (Å²) in [6.07, 6.45) is 2.00. The van der Waals surface area contributed by atoms with Crippen LogP contribution in [0.25, 0.3) is 0 Å². The van der Waals surface area contributed by atoms with Gasteiger partial charge >= 0.3 is 0 Å². The first-order valence-corrected chi connectivity index (χ1v) is 10.0. The highest BCUT2D eigenvalue weighted by atomic mass is 28.3.